The van der Waals surface area contributed by atoms with Crippen molar-refractivity contribution in [3.05, 3.63) is 24.0 Å². The number of nitrogens with zero attached hydrogens (tertiary/aromatic N) is 2. The molecule has 0 aromatic heterocycles. The van der Waals surface area contributed by atoms with Gasteiger partial charge in [-0.05, 0) is 18.2 Å². The van der Waals surface area contributed by atoms with E-state index in [9.17, 15) is 14.4 Å². The first-order valence-corrected chi connectivity index (χ1v) is 7.06. The number of carbonyl (C=O) groups is 1. The van der Waals surface area contributed by atoms with Gasteiger partial charge in [0.05, 0.1) is 11.0 Å². The second-order valence-corrected chi connectivity index (χ2v) is 4.85. The molecule has 1 amide bonds. The molecule has 1 aromatic rings. The van der Waals surface area contributed by atoms with Crippen molar-refractivity contribution in [2.45, 2.75) is 0 Å². The summed E-state index contributed by atoms with van der Waals surface area (Å²) in [5.41, 5.74) is 1.01. The maximum absolute atomic E-state index is 13.8. The highest BCUT2D eigenvalue weighted by Crippen LogP contribution is 2.24. The molecule has 7 heteroatoms. The Bertz CT molecular complexity index is 464. The molecule has 0 bridgehead atoms. The molecule has 19 heavy (non-hydrogen) atoms. The monoisotopic (exact) mass is 331 g/mol. The number of alkyl halides is 1. The molecule has 104 valence electrons. The van der Waals surface area contributed by atoms with E-state index in [0.29, 0.717) is 37.6 Å². The van der Waals surface area contributed by atoms with Crippen LogP contribution in [0.2, 0.25) is 0 Å². The minimum Gasteiger partial charge on any atom is -0.366 e. The summed E-state index contributed by atoms with van der Waals surface area (Å²) in [6.07, 6.45) is 0. The van der Waals surface area contributed by atoms with Gasteiger partial charge < -0.3 is 15.4 Å². The molecule has 1 fully saturated rings. The molecule has 1 aliphatic rings. The summed E-state index contributed by atoms with van der Waals surface area (Å²) in [7, 11) is 0. The zero-order valence-corrected chi connectivity index (χ0v) is 11.9. The van der Waals surface area contributed by atoms with Crippen molar-refractivity contribution < 1.29 is 14.4 Å². The normalized spacial score (nSPS) is 16.5. The zero-order valence-electron chi connectivity index (χ0n) is 10.3. The van der Waals surface area contributed by atoms with Gasteiger partial charge in [-0.1, -0.05) is 15.9 Å². The van der Waals surface area contributed by atoms with Crippen LogP contribution < -0.4 is 10.2 Å². The predicted octanol–water partition coefficient (Wildman–Crippen LogP) is 1.67. The number of halogens is 2. The molecule has 2 rings (SSSR count). The molecular weight excluding hydrogens is 317 g/mol. The molecule has 2 N–H and O–H groups in total. The number of anilines is 2. The summed E-state index contributed by atoms with van der Waals surface area (Å²) in [4.78, 5) is 13.1. The van der Waals surface area contributed by atoms with Crippen molar-refractivity contribution in [2.24, 2.45) is 0 Å². The molecule has 0 unspecified atom stereocenters. The van der Waals surface area contributed by atoms with Crippen LogP contribution in [0.25, 0.3) is 0 Å². The number of hydroxylamine groups is 2. The largest absolute Gasteiger partial charge is 0.366 e. The van der Waals surface area contributed by atoms with Crippen LogP contribution in [-0.4, -0.2) is 47.7 Å². The Morgan fingerprint density at radius 3 is 2.68 bits per heavy atom. The van der Waals surface area contributed by atoms with E-state index in [1.165, 1.54) is 17.2 Å². The van der Waals surface area contributed by atoms with Gasteiger partial charge in [-0.25, -0.2) is 4.39 Å². The third kappa shape index (κ3) is 3.65. The molecule has 0 saturated carbocycles. The van der Waals surface area contributed by atoms with Crippen LogP contribution in [0.4, 0.5) is 15.8 Å². The van der Waals surface area contributed by atoms with Gasteiger partial charge >= 0.3 is 0 Å². The van der Waals surface area contributed by atoms with Crippen LogP contribution in [0, 0.1) is 5.82 Å². The Labute approximate surface area is 119 Å². The molecule has 0 radical (unpaired) electrons. The van der Waals surface area contributed by atoms with Crippen molar-refractivity contribution in [3.63, 3.8) is 0 Å². The Morgan fingerprint density at radius 2 is 2.05 bits per heavy atom. The van der Waals surface area contributed by atoms with Crippen LogP contribution in [0.3, 0.4) is 0 Å². The van der Waals surface area contributed by atoms with E-state index in [-0.39, 0.29) is 17.1 Å². The number of amides is 1. The standard InChI is InChI=1S/C12H15BrFN3O2/c13-8-12(18)15-9-1-2-10(14)11(7-9)16-3-5-17(19)6-4-16/h1-2,7,19H,3-6,8H2,(H,15,18). The third-order valence-electron chi connectivity index (χ3n) is 2.95. The molecular formula is C12H15BrFN3O2. The number of piperazine rings is 1. The highest BCUT2D eigenvalue weighted by molar-refractivity contribution is 9.09. The summed E-state index contributed by atoms with van der Waals surface area (Å²) in [6.45, 7) is 2.03. The summed E-state index contributed by atoms with van der Waals surface area (Å²) >= 11 is 3.06. The van der Waals surface area contributed by atoms with Crippen LogP contribution >= 0.6 is 15.9 Å². The maximum Gasteiger partial charge on any atom is 0.235 e. The fraction of sp³-hybridized carbons (Fsp3) is 0.417. The van der Waals surface area contributed by atoms with Gasteiger partial charge in [0, 0.05) is 31.9 Å². The predicted molar refractivity (Wildman–Crippen MR) is 74.4 cm³/mol. The molecule has 0 aliphatic carbocycles. The lowest BCUT2D eigenvalue weighted by molar-refractivity contribution is -0.113. The van der Waals surface area contributed by atoms with Crippen molar-refractivity contribution in [1.29, 1.82) is 0 Å². The smallest absolute Gasteiger partial charge is 0.235 e. The second kappa shape index (κ2) is 6.31. The van der Waals surface area contributed by atoms with Gasteiger partial charge in [-0.15, -0.1) is 0 Å². The third-order valence-corrected chi connectivity index (χ3v) is 3.46. The SMILES string of the molecule is O=C(CBr)Nc1ccc(F)c(N2CCN(O)CC2)c1. The van der Waals surface area contributed by atoms with Crippen LogP contribution in [-0.2, 0) is 4.79 Å². The van der Waals surface area contributed by atoms with E-state index < -0.39 is 0 Å². The second-order valence-electron chi connectivity index (χ2n) is 4.29. The van der Waals surface area contributed by atoms with E-state index in [1.807, 2.05) is 4.90 Å². The first-order chi connectivity index (χ1) is 9.10. The first kappa shape index (κ1) is 14.2. The minimum atomic E-state index is -0.330. The van der Waals surface area contributed by atoms with Crippen LogP contribution in [0.15, 0.2) is 18.2 Å². The highest BCUT2D eigenvalue weighted by Gasteiger charge is 2.18. The summed E-state index contributed by atoms with van der Waals surface area (Å²) in [6, 6.07) is 4.48. The quantitative estimate of drug-likeness (QED) is 0.827. The van der Waals surface area contributed by atoms with E-state index in [4.69, 9.17) is 0 Å². The average molecular weight is 332 g/mol. The molecule has 1 saturated heterocycles. The Kier molecular flexibility index (Phi) is 4.73. The van der Waals surface area contributed by atoms with Gasteiger partial charge in [-0.2, -0.15) is 5.06 Å². The van der Waals surface area contributed by atoms with Gasteiger partial charge in [-0.3, -0.25) is 4.79 Å². The fourth-order valence-electron chi connectivity index (χ4n) is 1.96. The number of rotatable bonds is 3. The summed E-state index contributed by atoms with van der Waals surface area (Å²) < 4.78 is 13.8. The Hall–Kier alpha value is -1.18. The average Bonchev–Trinajstić information content (AvgIpc) is 2.42. The highest BCUT2D eigenvalue weighted by atomic mass is 79.9. The molecule has 1 heterocycles. The van der Waals surface area contributed by atoms with Crippen molar-refractivity contribution in [2.75, 3.05) is 41.7 Å². The Balaban J connectivity index is 2.15. The number of benzene rings is 1. The molecule has 5 nitrogen and oxygen atoms in total. The number of nitrogens with one attached hydrogen (secondary N) is 1. The van der Waals surface area contributed by atoms with Crippen LogP contribution in [0.5, 0.6) is 0 Å². The Morgan fingerprint density at radius 1 is 1.37 bits per heavy atom. The number of hydrogen-bond donors (Lipinski definition) is 2. The zero-order chi connectivity index (χ0) is 13.8. The number of hydrogen-bond acceptors (Lipinski definition) is 4. The van der Waals surface area contributed by atoms with Crippen molar-refractivity contribution >= 4 is 33.2 Å². The molecule has 1 aliphatic heterocycles. The maximum atomic E-state index is 13.8. The van der Waals surface area contributed by atoms with Gasteiger partial charge in [0.15, 0.2) is 0 Å². The van der Waals surface area contributed by atoms with E-state index in [1.54, 1.807) is 6.07 Å². The summed E-state index contributed by atoms with van der Waals surface area (Å²) in [5.74, 6) is -0.513. The van der Waals surface area contributed by atoms with E-state index in [0.717, 1.165) is 0 Å². The lowest BCUT2D eigenvalue weighted by Crippen LogP contribution is -2.45. The van der Waals surface area contributed by atoms with Crippen molar-refractivity contribution in [1.82, 2.24) is 5.06 Å². The number of carbonyl (C=O) groups excluding carboxylic acids is 1. The van der Waals surface area contributed by atoms with E-state index >= 15 is 0 Å². The van der Waals surface area contributed by atoms with E-state index in [2.05, 4.69) is 21.2 Å². The molecule has 1 aromatic carbocycles. The van der Waals surface area contributed by atoms with Gasteiger partial charge in [0.1, 0.15) is 5.82 Å². The fourth-order valence-corrected chi connectivity index (χ4v) is 2.10. The minimum absolute atomic E-state index is 0.183. The lowest BCUT2D eigenvalue weighted by Gasteiger charge is -2.33. The van der Waals surface area contributed by atoms with Gasteiger partial charge in [0.2, 0.25) is 5.91 Å². The molecule has 0 spiro atoms. The topological polar surface area (TPSA) is 55.8 Å². The lowest BCUT2D eigenvalue weighted by atomic mass is 10.2. The first-order valence-electron chi connectivity index (χ1n) is 5.94. The summed E-state index contributed by atoms with van der Waals surface area (Å²) in [5, 5.41) is 13.4. The van der Waals surface area contributed by atoms with Gasteiger partial charge in [0.25, 0.3) is 0 Å². The van der Waals surface area contributed by atoms with Crippen molar-refractivity contribution in [3.8, 4) is 0 Å². The van der Waals surface area contributed by atoms with Crippen LogP contribution in [0.1, 0.15) is 0 Å². The molecule has 0 atom stereocenters.